The van der Waals surface area contributed by atoms with Crippen LogP contribution in [-0.2, 0) is 19.2 Å². The Morgan fingerprint density at radius 1 is 0.808 bits per heavy atom. The summed E-state index contributed by atoms with van der Waals surface area (Å²) in [6.45, 7) is 2.16. The third kappa shape index (κ3) is 8.90. The van der Waals surface area contributed by atoms with E-state index in [0.717, 1.165) is 0 Å². The average Bonchev–Trinajstić information content (AvgIpc) is 3.25. The molecular weight excluding hydrogens is 435 g/mol. The van der Waals surface area contributed by atoms with Gasteiger partial charge in [0.25, 0.3) is 0 Å². The molecule has 4 aromatic carbocycles. The zero-order chi connectivity index (χ0) is 17.2. The summed E-state index contributed by atoms with van der Waals surface area (Å²) < 4.78 is 0. The summed E-state index contributed by atoms with van der Waals surface area (Å²) in [6, 6.07) is 30.6. The second-order valence-corrected chi connectivity index (χ2v) is 12.5. The summed E-state index contributed by atoms with van der Waals surface area (Å²) in [7, 11) is 0. The molecule has 0 radical (unpaired) electrons. The maximum atomic E-state index is 5.68. The molecule has 136 valence electrons. The summed E-state index contributed by atoms with van der Waals surface area (Å²) in [6.07, 6.45) is 1.24. The fraction of sp³-hybridized carbons (Fsp3) is 0.143. The van der Waals surface area contributed by atoms with Crippen LogP contribution in [0.2, 0.25) is 6.04 Å². The Kier molecular flexibility index (Phi) is 14.2. The number of rotatable bonds is 2. The van der Waals surface area contributed by atoms with E-state index in [9.17, 15) is 0 Å². The van der Waals surface area contributed by atoms with Crippen LogP contribution in [0, 0.1) is 0 Å². The molecule has 0 aliphatic heterocycles. The summed E-state index contributed by atoms with van der Waals surface area (Å²) >= 11 is 7.80. The van der Waals surface area contributed by atoms with E-state index < -0.39 is 5.50 Å². The van der Waals surface area contributed by atoms with Gasteiger partial charge in [0.15, 0.2) is 0 Å². The van der Waals surface area contributed by atoms with Crippen LogP contribution in [-0.4, -0.2) is 5.50 Å². The molecule has 0 saturated heterocycles. The van der Waals surface area contributed by atoms with Crippen molar-refractivity contribution in [2.24, 2.45) is 0 Å². The van der Waals surface area contributed by atoms with Crippen molar-refractivity contribution >= 4 is 38.1 Å². The quantitative estimate of drug-likeness (QED) is 0.238. The van der Waals surface area contributed by atoms with E-state index in [1.807, 2.05) is 0 Å². The Morgan fingerprint density at radius 2 is 1.23 bits per heavy atom. The maximum absolute atomic E-state index is 5.68. The molecule has 0 N–H and O–H groups in total. The van der Waals surface area contributed by atoms with Gasteiger partial charge in [-0.3, -0.25) is 0 Å². The fourth-order valence-electron chi connectivity index (χ4n) is 2.36. The van der Waals surface area contributed by atoms with Gasteiger partial charge >= 0.3 is 55.1 Å². The van der Waals surface area contributed by atoms with E-state index in [2.05, 4.69) is 111 Å². The SMILES string of the molecule is CCC[Si](Cl)=[Ti+2].[Cl-].[Cl-].c1ccc2[cH-]ccc2c1.c1ccc2[cH-]ccc2c1. The second-order valence-electron chi connectivity index (χ2n) is 5.46. The van der Waals surface area contributed by atoms with E-state index in [1.54, 1.807) is 0 Å². The maximum Gasteiger partial charge on any atom is -0.0809 e. The summed E-state index contributed by atoms with van der Waals surface area (Å²) in [5.41, 5.74) is -0.413. The molecule has 0 aromatic heterocycles. The van der Waals surface area contributed by atoms with Crippen LogP contribution in [0.15, 0.2) is 84.9 Å². The molecule has 0 heterocycles. The zero-order valence-corrected chi connectivity index (χ0v) is 19.5. The molecule has 0 aliphatic carbocycles. The Balaban J connectivity index is 0.000000357. The third-order valence-electron chi connectivity index (χ3n) is 3.56. The van der Waals surface area contributed by atoms with Crippen molar-refractivity contribution in [3.63, 3.8) is 0 Å². The van der Waals surface area contributed by atoms with Crippen molar-refractivity contribution in [3.05, 3.63) is 84.9 Å². The van der Waals surface area contributed by atoms with Gasteiger partial charge in [0.1, 0.15) is 0 Å². The number of halogens is 3. The molecule has 26 heavy (non-hydrogen) atoms. The van der Waals surface area contributed by atoms with E-state index in [-0.39, 0.29) is 24.8 Å². The van der Waals surface area contributed by atoms with Crippen molar-refractivity contribution in [1.29, 1.82) is 0 Å². The molecule has 0 bridgehead atoms. The molecule has 0 atom stereocenters. The predicted octanol–water partition coefficient (Wildman–Crippen LogP) is 0.796. The molecular formula is C21H21Cl3SiTi-2. The first kappa shape index (κ1) is 25.5. The van der Waals surface area contributed by atoms with Crippen LogP contribution in [0.25, 0.3) is 21.5 Å². The predicted molar refractivity (Wildman–Crippen MR) is 106 cm³/mol. The summed E-state index contributed by atoms with van der Waals surface area (Å²) in [5.74, 6) is 0. The molecule has 4 aromatic rings. The van der Waals surface area contributed by atoms with Crippen molar-refractivity contribution in [2.45, 2.75) is 19.4 Å². The molecule has 0 nitrogen and oxygen atoms in total. The largest absolute Gasteiger partial charge is 1.00 e. The molecule has 0 fully saturated rings. The molecule has 0 unspecified atom stereocenters. The summed E-state index contributed by atoms with van der Waals surface area (Å²) in [5, 5.41) is 5.32. The van der Waals surface area contributed by atoms with Gasteiger partial charge in [0.2, 0.25) is 0 Å². The van der Waals surface area contributed by atoms with Gasteiger partial charge in [-0.25, -0.2) is 0 Å². The van der Waals surface area contributed by atoms with Crippen molar-refractivity contribution < 1.29 is 44.0 Å². The minimum Gasteiger partial charge on any atom is -1.00 e. The van der Waals surface area contributed by atoms with Crippen LogP contribution >= 0.6 is 11.1 Å². The van der Waals surface area contributed by atoms with E-state index in [4.69, 9.17) is 11.1 Å². The van der Waals surface area contributed by atoms with Gasteiger partial charge in [-0.05, 0) is 0 Å². The Morgan fingerprint density at radius 3 is 1.54 bits per heavy atom. The minimum absolute atomic E-state index is 0. The van der Waals surface area contributed by atoms with Gasteiger partial charge in [-0.2, -0.15) is 35.0 Å². The first-order chi connectivity index (χ1) is 11.7. The number of hydrogen-bond acceptors (Lipinski definition) is 0. The summed E-state index contributed by atoms with van der Waals surface area (Å²) in [4.78, 5) is 0. The van der Waals surface area contributed by atoms with Gasteiger partial charge < -0.3 is 24.8 Å². The second kappa shape index (κ2) is 14.5. The third-order valence-corrected chi connectivity index (χ3v) is 6.24. The Bertz CT molecular complexity index is 756. The normalized spacial score (nSPS) is 9.08. The fourth-order valence-corrected chi connectivity index (χ4v) is 4.54. The van der Waals surface area contributed by atoms with Crippen LogP contribution in [0.4, 0.5) is 0 Å². The van der Waals surface area contributed by atoms with E-state index in [0.29, 0.717) is 0 Å². The smallest absolute Gasteiger partial charge is 0.0809 e. The van der Waals surface area contributed by atoms with Crippen LogP contribution in [0.5, 0.6) is 0 Å². The first-order valence-electron chi connectivity index (χ1n) is 8.14. The average molecular weight is 456 g/mol. The molecule has 0 aliphatic rings. The van der Waals surface area contributed by atoms with Crippen LogP contribution in [0.3, 0.4) is 0 Å². The van der Waals surface area contributed by atoms with E-state index in [1.165, 1.54) is 34.0 Å². The molecule has 0 saturated carbocycles. The minimum atomic E-state index is -0.413. The van der Waals surface area contributed by atoms with Crippen molar-refractivity contribution in [2.75, 3.05) is 0 Å². The van der Waals surface area contributed by atoms with Gasteiger partial charge in [-0.1, -0.05) is 12.1 Å². The molecule has 4 rings (SSSR count). The van der Waals surface area contributed by atoms with Crippen molar-refractivity contribution in [3.8, 4) is 0 Å². The van der Waals surface area contributed by atoms with Gasteiger partial charge in [-0.15, -0.1) is 59.3 Å². The molecule has 0 amide bonds. The topological polar surface area (TPSA) is 0 Å². The molecule has 0 spiro atoms. The monoisotopic (exact) mass is 454 g/mol. The van der Waals surface area contributed by atoms with Gasteiger partial charge in [0, 0.05) is 0 Å². The zero-order valence-electron chi connectivity index (χ0n) is 14.6. The molecule has 5 heteroatoms. The Labute approximate surface area is 185 Å². The first-order valence-corrected chi connectivity index (χ1v) is 13.2. The van der Waals surface area contributed by atoms with Crippen LogP contribution in [0.1, 0.15) is 13.3 Å². The van der Waals surface area contributed by atoms with Crippen LogP contribution < -0.4 is 24.8 Å². The standard InChI is InChI=1S/2C9H7.C3H7ClSi.2ClH.Ti/c2*1-2-5-9-7-3-6-8(9)4-1;1-2-3-5-4;;;/h2*1-7H;2-3H2,1H3;2*1H;/q2*-1;;;;+2/p-2. The number of fused-ring (bicyclic) bond motifs is 2. The van der Waals surface area contributed by atoms with Gasteiger partial charge in [0.05, 0.1) is 0 Å². The number of benzene rings is 2. The van der Waals surface area contributed by atoms with E-state index >= 15 is 0 Å². The Hall–Kier alpha value is -0.539. The number of hydrogen-bond donors (Lipinski definition) is 0. The van der Waals surface area contributed by atoms with Crippen molar-refractivity contribution in [1.82, 2.24) is 0 Å².